The number of ether oxygens (including phenoxy) is 2. The van der Waals surface area contributed by atoms with E-state index in [1.54, 1.807) is 24.3 Å². The average Bonchev–Trinajstić information content (AvgIpc) is 2.76. The molecule has 0 aromatic heterocycles. The molecule has 0 aliphatic carbocycles. The molecule has 0 saturated heterocycles. The molecule has 33 heavy (non-hydrogen) atoms. The molecule has 3 aromatic carbocycles. The number of thioether (sulfide) groups is 1. The fourth-order valence-electron chi connectivity index (χ4n) is 2.95. The topological polar surface area (TPSA) is 55.8 Å². The summed E-state index contributed by atoms with van der Waals surface area (Å²) in [5, 5.41) is 8.75. The molecule has 0 unspecified atom stereocenters. The van der Waals surface area contributed by atoms with Crippen LogP contribution in [-0.4, -0.2) is 29.8 Å². The molecule has 0 amide bonds. The largest absolute Gasteiger partial charge is 0.573 e. The first-order chi connectivity index (χ1) is 15.7. The van der Waals surface area contributed by atoms with Gasteiger partial charge >= 0.3 is 12.3 Å². The fraction of sp³-hybridized carbons (Fsp3) is 0.125. The minimum absolute atomic E-state index is 0.264. The number of aliphatic carboxylic acids is 1. The molecule has 3 rings (SSSR count). The number of alkyl halides is 3. The Morgan fingerprint density at radius 2 is 1.70 bits per heavy atom. The lowest BCUT2D eigenvalue weighted by Gasteiger charge is -2.16. The molecule has 3 aromatic rings. The van der Waals surface area contributed by atoms with E-state index < -0.39 is 18.9 Å². The van der Waals surface area contributed by atoms with Crippen LogP contribution in [0, 0.1) is 3.57 Å². The number of para-hydroxylation sites is 1. The summed E-state index contributed by atoms with van der Waals surface area (Å²) in [5.41, 5.74) is 1.73. The van der Waals surface area contributed by atoms with Crippen molar-refractivity contribution in [2.24, 2.45) is 0 Å². The summed E-state index contributed by atoms with van der Waals surface area (Å²) in [6.45, 7) is -0.426. The van der Waals surface area contributed by atoms with Gasteiger partial charge in [-0.2, -0.15) is 0 Å². The third-order valence-corrected chi connectivity index (χ3v) is 6.04. The number of halogens is 4. The monoisotopic (exact) mass is 586 g/mol. The maximum Gasteiger partial charge on any atom is 0.573 e. The predicted octanol–water partition coefficient (Wildman–Crippen LogP) is 6.88. The van der Waals surface area contributed by atoms with Gasteiger partial charge in [-0.1, -0.05) is 54.6 Å². The van der Waals surface area contributed by atoms with E-state index in [-0.39, 0.29) is 5.75 Å². The normalized spacial score (nSPS) is 11.8. The van der Waals surface area contributed by atoms with Gasteiger partial charge in [0.25, 0.3) is 0 Å². The van der Waals surface area contributed by atoms with E-state index in [1.807, 2.05) is 42.5 Å². The summed E-state index contributed by atoms with van der Waals surface area (Å²) in [5.74, 6) is -0.367. The number of rotatable bonds is 9. The van der Waals surface area contributed by atoms with Crippen molar-refractivity contribution in [3.8, 4) is 11.5 Å². The molecule has 9 heteroatoms. The Hall–Kier alpha value is -2.66. The van der Waals surface area contributed by atoms with Gasteiger partial charge in [0.2, 0.25) is 0 Å². The third kappa shape index (κ3) is 7.71. The van der Waals surface area contributed by atoms with Crippen molar-refractivity contribution in [1.29, 1.82) is 0 Å². The standard InChI is InChI=1S/C24H18F3IO4S/c25-24(26,27)32-21-9-5-4-8-19(21)18(16-6-2-1-3-7-16)12-13-33-17-10-11-22(20(28)14-17)31-15-23(29)30/h1-12,14H,13,15H2,(H,29,30)/b18-12-. The van der Waals surface area contributed by atoms with Crippen molar-refractivity contribution in [2.45, 2.75) is 11.3 Å². The fourth-order valence-corrected chi connectivity index (χ4v) is 4.64. The van der Waals surface area contributed by atoms with Crippen molar-refractivity contribution in [2.75, 3.05) is 12.4 Å². The molecule has 0 bridgehead atoms. The van der Waals surface area contributed by atoms with Crippen molar-refractivity contribution in [3.05, 3.63) is 93.6 Å². The van der Waals surface area contributed by atoms with Gasteiger partial charge in [-0.25, -0.2) is 4.79 Å². The van der Waals surface area contributed by atoms with Crippen molar-refractivity contribution in [3.63, 3.8) is 0 Å². The van der Waals surface area contributed by atoms with E-state index in [4.69, 9.17) is 9.84 Å². The van der Waals surface area contributed by atoms with Gasteiger partial charge in [-0.15, -0.1) is 24.9 Å². The Bertz CT molecular complexity index is 1130. The highest BCUT2D eigenvalue weighted by Crippen LogP contribution is 2.35. The first kappa shape index (κ1) is 25.0. The second-order valence-corrected chi connectivity index (χ2v) is 8.87. The summed E-state index contributed by atoms with van der Waals surface area (Å²) in [6, 6.07) is 20.6. The van der Waals surface area contributed by atoms with Gasteiger partial charge in [0.1, 0.15) is 11.5 Å². The molecule has 0 radical (unpaired) electrons. The van der Waals surface area contributed by atoms with Crippen LogP contribution in [0.3, 0.4) is 0 Å². The Labute approximate surface area is 206 Å². The molecule has 172 valence electrons. The molecule has 0 spiro atoms. The van der Waals surface area contributed by atoms with Crippen molar-refractivity contribution < 1.29 is 32.5 Å². The lowest BCUT2D eigenvalue weighted by molar-refractivity contribution is -0.274. The second kappa shape index (κ2) is 11.5. The number of benzene rings is 3. The Morgan fingerprint density at radius 3 is 2.36 bits per heavy atom. The highest BCUT2D eigenvalue weighted by molar-refractivity contribution is 14.1. The molecular formula is C24H18F3IO4S. The van der Waals surface area contributed by atoms with E-state index in [0.29, 0.717) is 22.6 Å². The van der Waals surface area contributed by atoms with Crippen molar-refractivity contribution >= 4 is 45.9 Å². The number of hydrogen-bond acceptors (Lipinski definition) is 4. The van der Waals surface area contributed by atoms with Crippen LogP contribution in [0.5, 0.6) is 11.5 Å². The number of carboxylic acids is 1. The van der Waals surface area contributed by atoms with Gasteiger partial charge in [0, 0.05) is 16.2 Å². The van der Waals surface area contributed by atoms with Crippen LogP contribution in [0.2, 0.25) is 0 Å². The van der Waals surface area contributed by atoms with Crippen LogP contribution in [0.1, 0.15) is 11.1 Å². The molecule has 1 N–H and O–H groups in total. The van der Waals surface area contributed by atoms with E-state index in [9.17, 15) is 18.0 Å². The lowest BCUT2D eigenvalue weighted by Crippen LogP contribution is -2.18. The molecule has 0 saturated carbocycles. The summed E-state index contributed by atoms with van der Waals surface area (Å²) in [7, 11) is 0. The minimum Gasteiger partial charge on any atom is -0.481 e. The summed E-state index contributed by atoms with van der Waals surface area (Å²) in [4.78, 5) is 11.6. The van der Waals surface area contributed by atoms with Gasteiger partial charge in [-0.05, 0) is 58.0 Å². The van der Waals surface area contributed by atoms with Crippen LogP contribution in [0.4, 0.5) is 13.2 Å². The maximum absolute atomic E-state index is 12.9. The summed E-state index contributed by atoms with van der Waals surface area (Å²) in [6.07, 6.45) is -2.94. The summed E-state index contributed by atoms with van der Waals surface area (Å²) < 4.78 is 49.1. The van der Waals surface area contributed by atoms with Gasteiger partial charge in [-0.3, -0.25) is 0 Å². The smallest absolute Gasteiger partial charge is 0.481 e. The van der Waals surface area contributed by atoms with E-state index in [2.05, 4.69) is 27.3 Å². The zero-order valence-electron chi connectivity index (χ0n) is 17.0. The number of carboxylic acid groups (broad SMARTS) is 1. The Kier molecular flexibility index (Phi) is 8.67. The highest BCUT2D eigenvalue weighted by atomic mass is 127. The minimum atomic E-state index is -4.80. The summed E-state index contributed by atoms with van der Waals surface area (Å²) >= 11 is 3.55. The van der Waals surface area contributed by atoms with Crippen LogP contribution in [-0.2, 0) is 4.79 Å². The Balaban J connectivity index is 1.85. The molecule has 0 atom stereocenters. The van der Waals surface area contributed by atoms with E-state index in [1.165, 1.54) is 23.9 Å². The van der Waals surface area contributed by atoms with E-state index in [0.717, 1.165) is 14.0 Å². The van der Waals surface area contributed by atoms with Crippen LogP contribution >= 0.6 is 34.4 Å². The zero-order valence-corrected chi connectivity index (χ0v) is 20.0. The molecule has 0 aliphatic rings. The quantitative estimate of drug-likeness (QED) is 0.219. The van der Waals surface area contributed by atoms with Crippen LogP contribution in [0.25, 0.3) is 5.57 Å². The number of carbonyl (C=O) groups is 1. The first-order valence-corrected chi connectivity index (χ1v) is 11.7. The van der Waals surface area contributed by atoms with Crippen molar-refractivity contribution in [1.82, 2.24) is 0 Å². The lowest BCUT2D eigenvalue weighted by atomic mass is 9.97. The highest BCUT2D eigenvalue weighted by Gasteiger charge is 2.32. The molecule has 4 nitrogen and oxygen atoms in total. The molecular weight excluding hydrogens is 568 g/mol. The third-order valence-electron chi connectivity index (χ3n) is 4.28. The molecule has 0 fully saturated rings. The van der Waals surface area contributed by atoms with Crippen LogP contribution in [0.15, 0.2) is 83.8 Å². The molecule has 0 aliphatic heterocycles. The SMILES string of the molecule is O=C(O)COc1ccc(SC/C=C(/c2ccccc2)c2ccccc2OC(F)(F)F)cc1I. The van der Waals surface area contributed by atoms with Crippen LogP contribution < -0.4 is 9.47 Å². The number of hydrogen-bond donors (Lipinski definition) is 1. The van der Waals surface area contributed by atoms with Gasteiger partial charge in [0.15, 0.2) is 6.61 Å². The Morgan fingerprint density at radius 1 is 1.00 bits per heavy atom. The maximum atomic E-state index is 12.9. The van der Waals surface area contributed by atoms with Gasteiger partial charge in [0.05, 0.1) is 3.57 Å². The average molecular weight is 586 g/mol. The first-order valence-electron chi connectivity index (χ1n) is 9.60. The zero-order chi connectivity index (χ0) is 23.8. The predicted molar refractivity (Wildman–Crippen MR) is 130 cm³/mol. The second-order valence-electron chi connectivity index (χ2n) is 6.61. The molecule has 0 heterocycles. The van der Waals surface area contributed by atoms with Gasteiger partial charge < -0.3 is 14.6 Å². The van der Waals surface area contributed by atoms with E-state index >= 15 is 0 Å².